The number of nitrogens with two attached hydrogens (primary N) is 1. The first-order valence-electron chi connectivity index (χ1n) is 7.81. The lowest BCUT2D eigenvalue weighted by atomic mass is 9.96. The molecule has 0 aliphatic carbocycles. The van der Waals surface area contributed by atoms with Crippen LogP contribution in [0.2, 0.25) is 0 Å². The van der Waals surface area contributed by atoms with Gasteiger partial charge in [0.15, 0.2) is 11.4 Å². The van der Waals surface area contributed by atoms with Gasteiger partial charge in [0.05, 0.1) is 11.3 Å². The van der Waals surface area contributed by atoms with Gasteiger partial charge in [0.25, 0.3) is 0 Å². The average Bonchev–Trinajstić information content (AvgIpc) is 2.96. The van der Waals surface area contributed by atoms with Crippen LogP contribution in [0.3, 0.4) is 0 Å². The highest BCUT2D eigenvalue weighted by Crippen LogP contribution is 2.38. The molecule has 2 N–H and O–H groups in total. The van der Waals surface area contributed by atoms with E-state index in [0.29, 0.717) is 5.69 Å². The number of fused-ring (bicyclic) bond motifs is 3. The Hall–Kier alpha value is -3.30. The molecule has 1 aliphatic heterocycles. The van der Waals surface area contributed by atoms with Crippen molar-refractivity contribution in [2.24, 2.45) is 4.99 Å². The Balaban J connectivity index is 2.00. The summed E-state index contributed by atoms with van der Waals surface area (Å²) < 4.78 is 54.9. The Morgan fingerprint density at radius 3 is 2.67 bits per heavy atom. The third-order valence-electron chi connectivity index (χ3n) is 4.32. The van der Waals surface area contributed by atoms with Crippen molar-refractivity contribution >= 4 is 12.2 Å². The summed E-state index contributed by atoms with van der Waals surface area (Å²) in [6.45, 7) is 1.55. The number of aromatic nitrogens is 4. The fourth-order valence-electron chi connectivity index (χ4n) is 3.01. The SMILES string of the molecule is CC1(c2ncccc2F)N=Cc2cc(C(F)(F)F)ccc2-n2nc(N)nc21. The minimum Gasteiger partial charge on any atom is -0.366 e. The van der Waals surface area contributed by atoms with Gasteiger partial charge in [-0.2, -0.15) is 18.2 Å². The van der Waals surface area contributed by atoms with Gasteiger partial charge in [-0.1, -0.05) is 0 Å². The van der Waals surface area contributed by atoms with Gasteiger partial charge in [-0.25, -0.2) is 9.07 Å². The molecular weight excluding hydrogens is 364 g/mol. The Bertz CT molecular complexity index is 1070. The van der Waals surface area contributed by atoms with Gasteiger partial charge in [-0.05, 0) is 37.3 Å². The molecule has 6 nitrogen and oxygen atoms in total. The molecule has 0 amide bonds. The summed E-state index contributed by atoms with van der Waals surface area (Å²) in [4.78, 5) is 12.5. The minimum absolute atomic E-state index is 0.0428. The molecule has 1 aromatic carbocycles. The van der Waals surface area contributed by atoms with E-state index in [1.165, 1.54) is 35.3 Å². The zero-order valence-corrected chi connectivity index (χ0v) is 13.9. The summed E-state index contributed by atoms with van der Waals surface area (Å²) in [7, 11) is 0. The first-order valence-corrected chi connectivity index (χ1v) is 7.81. The summed E-state index contributed by atoms with van der Waals surface area (Å²) >= 11 is 0. The molecule has 0 radical (unpaired) electrons. The van der Waals surface area contributed by atoms with Gasteiger partial charge >= 0.3 is 6.18 Å². The van der Waals surface area contributed by atoms with E-state index >= 15 is 0 Å². The van der Waals surface area contributed by atoms with Crippen LogP contribution in [0.25, 0.3) is 5.69 Å². The lowest BCUT2D eigenvalue weighted by Crippen LogP contribution is -2.27. The molecule has 0 saturated carbocycles. The van der Waals surface area contributed by atoms with Crippen LogP contribution < -0.4 is 5.73 Å². The lowest BCUT2D eigenvalue weighted by molar-refractivity contribution is -0.137. The molecule has 138 valence electrons. The highest BCUT2D eigenvalue weighted by atomic mass is 19.4. The number of rotatable bonds is 1. The second-order valence-corrected chi connectivity index (χ2v) is 6.14. The summed E-state index contributed by atoms with van der Waals surface area (Å²) in [6, 6.07) is 5.76. The third-order valence-corrected chi connectivity index (χ3v) is 4.32. The van der Waals surface area contributed by atoms with Crippen molar-refractivity contribution < 1.29 is 17.6 Å². The molecule has 1 aliphatic rings. The van der Waals surface area contributed by atoms with Crippen molar-refractivity contribution in [3.05, 3.63) is 65.0 Å². The van der Waals surface area contributed by atoms with E-state index in [9.17, 15) is 17.6 Å². The second kappa shape index (κ2) is 5.60. The Morgan fingerprint density at radius 1 is 1.19 bits per heavy atom. The predicted octanol–water partition coefficient (Wildman–Crippen LogP) is 3.10. The second-order valence-electron chi connectivity index (χ2n) is 6.14. The van der Waals surface area contributed by atoms with E-state index in [0.717, 1.165) is 12.1 Å². The van der Waals surface area contributed by atoms with Gasteiger partial charge in [-0.15, -0.1) is 5.10 Å². The monoisotopic (exact) mass is 376 g/mol. The number of aliphatic imine (C=N–C) groups is 1. The zero-order valence-electron chi connectivity index (χ0n) is 13.9. The molecule has 3 aromatic rings. The maximum absolute atomic E-state index is 14.4. The minimum atomic E-state index is -4.52. The van der Waals surface area contributed by atoms with Crippen LogP contribution in [0.1, 0.15) is 29.6 Å². The fraction of sp³-hybridized carbons (Fsp3) is 0.176. The van der Waals surface area contributed by atoms with Gasteiger partial charge in [0.1, 0.15) is 11.5 Å². The number of alkyl halides is 3. The van der Waals surface area contributed by atoms with Crippen molar-refractivity contribution in [3.63, 3.8) is 0 Å². The van der Waals surface area contributed by atoms with Crippen LogP contribution in [0.4, 0.5) is 23.5 Å². The number of benzene rings is 1. The molecule has 2 aromatic heterocycles. The number of anilines is 1. The number of pyridine rings is 1. The van der Waals surface area contributed by atoms with Crippen LogP contribution in [0, 0.1) is 5.82 Å². The summed E-state index contributed by atoms with van der Waals surface area (Å²) in [6.07, 6.45) is -1.88. The topological polar surface area (TPSA) is 82.0 Å². The molecule has 4 rings (SSSR count). The van der Waals surface area contributed by atoms with Crippen LogP contribution in [0.15, 0.2) is 41.5 Å². The van der Waals surface area contributed by atoms with E-state index < -0.39 is 23.1 Å². The molecule has 0 spiro atoms. The molecule has 1 atom stereocenters. The van der Waals surface area contributed by atoms with E-state index in [1.807, 2.05) is 0 Å². The summed E-state index contributed by atoms with van der Waals surface area (Å²) in [5.41, 5.74) is 3.84. The van der Waals surface area contributed by atoms with Gasteiger partial charge < -0.3 is 5.73 Å². The van der Waals surface area contributed by atoms with Crippen molar-refractivity contribution in [2.75, 3.05) is 5.73 Å². The maximum Gasteiger partial charge on any atom is 0.416 e. The number of hydrogen-bond donors (Lipinski definition) is 1. The lowest BCUT2D eigenvalue weighted by Gasteiger charge is -2.23. The van der Waals surface area contributed by atoms with Crippen LogP contribution in [-0.2, 0) is 11.7 Å². The van der Waals surface area contributed by atoms with Crippen LogP contribution >= 0.6 is 0 Å². The summed E-state index contributed by atoms with van der Waals surface area (Å²) in [5, 5.41) is 4.07. The molecule has 3 heterocycles. The summed E-state index contributed by atoms with van der Waals surface area (Å²) in [5.74, 6) is -0.602. The Kier molecular flexibility index (Phi) is 3.55. The molecule has 0 saturated heterocycles. The fourth-order valence-corrected chi connectivity index (χ4v) is 3.01. The van der Waals surface area contributed by atoms with E-state index in [1.54, 1.807) is 6.92 Å². The Labute approximate surface area is 150 Å². The highest BCUT2D eigenvalue weighted by Gasteiger charge is 2.40. The first-order chi connectivity index (χ1) is 12.7. The van der Waals surface area contributed by atoms with E-state index in [2.05, 4.69) is 20.1 Å². The normalized spacial score (nSPS) is 18.7. The molecular formula is C17H12F4N6. The van der Waals surface area contributed by atoms with E-state index in [4.69, 9.17) is 5.73 Å². The van der Waals surface area contributed by atoms with Crippen molar-refractivity contribution in [1.82, 2.24) is 19.7 Å². The molecule has 10 heteroatoms. The Morgan fingerprint density at radius 2 is 1.96 bits per heavy atom. The largest absolute Gasteiger partial charge is 0.416 e. The molecule has 0 fully saturated rings. The van der Waals surface area contributed by atoms with E-state index in [-0.39, 0.29) is 23.0 Å². The van der Waals surface area contributed by atoms with Crippen molar-refractivity contribution in [2.45, 2.75) is 18.6 Å². The molecule has 0 bridgehead atoms. The molecule has 1 unspecified atom stereocenters. The number of nitrogen functional groups attached to an aromatic ring is 1. The standard InChI is InChI=1S/C17H12F4N6/c1-16(13-11(18)3-2-6-23-13)14-25-15(22)26-27(14)12-5-4-10(17(19,20)21)7-9(12)8-24-16/h2-8H,1H3,(H2,22,26). The first kappa shape index (κ1) is 17.1. The number of hydrogen-bond acceptors (Lipinski definition) is 5. The quantitative estimate of drug-likeness (QED) is 0.662. The third kappa shape index (κ3) is 2.64. The number of halogens is 4. The van der Waals surface area contributed by atoms with Gasteiger partial charge in [-0.3, -0.25) is 9.98 Å². The molecule has 27 heavy (non-hydrogen) atoms. The van der Waals surface area contributed by atoms with Gasteiger partial charge in [0.2, 0.25) is 5.95 Å². The average molecular weight is 376 g/mol. The van der Waals surface area contributed by atoms with Crippen molar-refractivity contribution in [1.29, 1.82) is 0 Å². The van der Waals surface area contributed by atoms with Crippen molar-refractivity contribution in [3.8, 4) is 5.69 Å². The number of nitrogens with zero attached hydrogens (tertiary/aromatic N) is 5. The smallest absolute Gasteiger partial charge is 0.366 e. The highest BCUT2D eigenvalue weighted by molar-refractivity contribution is 5.86. The zero-order chi connectivity index (χ0) is 19.4. The van der Waals surface area contributed by atoms with Gasteiger partial charge in [0, 0.05) is 18.0 Å². The van der Waals surface area contributed by atoms with Crippen LogP contribution in [-0.4, -0.2) is 26.0 Å². The van der Waals surface area contributed by atoms with Crippen LogP contribution in [0.5, 0.6) is 0 Å². The predicted molar refractivity (Wildman–Crippen MR) is 89.0 cm³/mol. The maximum atomic E-state index is 14.4.